The highest BCUT2D eigenvalue weighted by Gasteiger charge is 2.26. The van der Waals surface area contributed by atoms with Crippen LogP contribution in [0.3, 0.4) is 0 Å². The molecule has 0 spiro atoms. The maximum atomic E-state index is 13.0. The Bertz CT molecular complexity index is 517. The number of anilines is 1. The number of piperazine rings is 1. The lowest BCUT2D eigenvalue weighted by atomic mass is 10.0. The third-order valence-corrected chi connectivity index (χ3v) is 4.59. The normalized spacial score (nSPS) is 22.8. The molecule has 0 radical (unpaired) electrons. The Labute approximate surface area is 136 Å². The molecule has 2 N–H and O–H groups in total. The molecular weight excluding hydrogens is 297 g/mol. The van der Waals surface area contributed by atoms with Gasteiger partial charge in [0, 0.05) is 45.1 Å². The predicted molar refractivity (Wildman–Crippen MR) is 87.0 cm³/mol. The molecule has 2 heterocycles. The average Bonchev–Trinajstić information content (AvgIpc) is 2.61. The van der Waals surface area contributed by atoms with Gasteiger partial charge in [0.15, 0.2) is 0 Å². The number of ether oxygens (including phenoxy) is 1. The molecule has 6 heteroatoms. The summed E-state index contributed by atoms with van der Waals surface area (Å²) in [5.41, 5.74) is 0.954. The van der Waals surface area contributed by atoms with Crippen molar-refractivity contribution >= 4 is 11.6 Å². The predicted octanol–water partition coefficient (Wildman–Crippen LogP) is 1.15. The molecule has 0 unspecified atom stereocenters. The highest BCUT2D eigenvalue weighted by Crippen LogP contribution is 2.17. The SMILES string of the molecule is O=C(NCC1CCOCC1)[C@H]1CN(c2ccc(F)cc2)CCN1. The molecule has 1 atom stereocenters. The maximum Gasteiger partial charge on any atom is 0.238 e. The third kappa shape index (κ3) is 4.42. The summed E-state index contributed by atoms with van der Waals surface area (Å²) in [6, 6.07) is 6.21. The van der Waals surface area contributed by atoms with Gasteiger partial charge in [-0.25, -0.2) is 4.39 Å². The summed E-state index contributed by atoms with van der Waals surface area (Å²) in [7, 11) is 0. The Morgan fingerprint density at radius 3 is 2.78 bits per heavy atom. The molecule has 0 bridgehead atoms. The summed E-state index contributed by atoms with van der Waals surface area (Å²) in [5.74, 6) is 0.322. The Morgan fingerprint density at radius 1 is 1.30 bits per heavy atom. The van der Waals surface area contributed by atoms with Gasteiger partial charge in [-0.15, -0.1) is 0 Å². The minimum Gasteiger partial charge on any atom is -0.381 e. The van der Waals surface area contributed by atoms with E-state index >= 15 is 0 Å². The highest BCUT2D eigenvalue weighted by molar-refractivity contribution is 5.82. The van der Waals surface area contributed by atoms with E-state index in [4.69, 9.17) is 4.74 Å². The highest BCUT2D eigenvalue weighted by atomic mass is 19.1. The van der Waals surface area contributed by atoms with Crippen LogP contribution in [0.1, 0.15) is 12.8 Å². The van der Waals surface area contributed by atoms with Crippen LogP contribution in [0.25, 0.3) is 0 Å². The molecule has 2 aliphatic rings. The van der Waals surface area contributed by atoms with Crippen molar-refractivity contribution in [3.8, 4) is 0 Å². The van der Waals surface area contributed by atoms with Crippen LogP contribution in [-0.2, 0) is 9.53 Å². The second kappa shape index (κ2) is 7.75. The summed E-state index contributed by atoms with van der Waals surface area (Å²) < 4.78 is 18.4. The number of rotatable bonds is 4. The molecule has 1 aromatic rings. The van der Waals surface area contributed by atoms with E-state index in [-0.39, 0.29) is 17.8 Å². The summed E-state index contributed by atoms with van der Waals surface area (Å²) in [4.78, 5) is 14.5. The van der Waals surface area contributed by atoms with Crippen LogP contribution in [0, 0.1) is 11.7 Å². The second-order valence-electron chi connectivity index (χ2n) is 6.23. The molecule has 23 heavy (non-hydrogen) atoms. The van der Waals surface area contributed by atoms with Crippen molar-refractivity contribution in [1.82, 2.24) is 10.6 Å². The van der Waals surface area contributed by atoms with E-state index in [1.54, 1.807) is 12.1 Å². The third-order valence-electron chi connectivity index (χ3n) is 4.59. The van der Waals surface area contributed by atoms with Gasteiger partial charge < -0.3 is 20.3 Å². The monoisotopic (exact) mass is 321 g/mol. The number of amides is 1. The summed E-state index contributed by atoms with van der Waals surface area (Å²) in [6.07, 6.45) is 2.03. The van der Waals surface area contributed by atoms with Crippen molar-refractivity contribution in [1.29, 1.82) is 0 Å². The first-order valence-electron chi connectivity index (χ1n) is 8.32. The van der Waals surface area contributed by atoms with Crippen molar-refractivity contribution < 1.29 is 13.9 Å². The standard InChI is InChI=1S/C17H24FN3O2/c18-14-1-3-15(4-2-14)21-8-7-19-16(12-21)17(22)20-11-13-5-9-23-10-6-13/h1-4,13,16,19H,5-12H2,(H,20,22)/t16-/m1/s1. The first kappa shape index (κ1) is 16.2. The van der Waals surface area contributed by atoms with Gasteiger partial charge in [0.25, 0.3) is 0 Å². The molecule has 0 saturated carbocycles. The molecule has 2 fully saturated rings. The topological polar surface area (TPSA) is 53.6 Å². The number of benzene rings is 1. The summed E-state index contributed by atoms with van der Waals surface area (Å²) >= 11 is 0. The van der Waals surface area contributed by atoms with E-state index in [0.29, 0.717) is 12.5 Å². The Balaban J connectivity index is 1.51. The zero-order valence-electron chi connectivity index (χ0n) is 13.3. The lowest BCUT2D eigenvalue weighted by Gasteiger charge is -2.35. The van der Waals surface area contributed by atoms with Gasteiger partial charge in [-0.1, -0.05) is 0 Å². The van der Waals surface area contributed by atoms with Crippen LogP contribution >= 0.6 is 0 Å². The van der Waals surface area contributed by atoms with Gasteiger partial charge in [0.1, 0.15) is 11.9 Å². The van der Waals surface area contributed by atoms with E-state index in [9.17, 15) is 9.18 Å². The van der Waals surface area contributed by atoms with Gasteiger partial charge in [-0.05, 0) is 43.0 Å². The average molecular weight is 321 g/mol. The number of hydrogen-bond acceptors (Lipinski definition) is 4. The fraction of sp³-hybridized carbons (Fsp3) is 0.588. The zero-order valence-corrected chi connectivity index (χ0v) is 13.3. The van der Waals surface area contributed by atoms with Crippen molar-refractivity contribution in [2.45, 2.75) is 18.9 Å². The van der Waals surface area contributed by atoms with Crippen LogP contribution < -0.4 is 15.5 Å². The number of carbonyl (C=O) groups excluding carboxylic acids is 1. The van der Waals surface area contributed by atoms with Crippen molar-refractivity contribution in [2.24, 2.45) is 5.92 Å². The first-order valence-corrected chi connectivity index (χ1v) is 8.32. The van der Waals surface area contributed by atoms with Gasteiger partial charge >= 0.3 is 0 Å². The molecule has 3 rings (SSSR count). The molecule has 2 saturated heterocycles. The Kier molecular flexibility index (Phi) is 5.46. The number of halogens is 1. The van der Waals surface area contributed by atoms with Crippen LogP contribution in [-0.4, -0.2) is 51.3 Å². The van der Waals surface area contributed by atoms with Crippen LogP contribution in [0.2, 0.25) is 0 Å². The number of carbonyl (C=O) groups is 1. The summed E-state index contributed by atoms with van der Waals surface area (Å²) in [5, 5.41) is 6.32. The van der Waals surface area contributed by atoms with E-state index in [2.05, 4.69) is 15.5 Å². The molecule has 126 valence electrons. The van der Waals surface area contributed by atoms with Gasteiger partial charge in [-0.3, -0.25) is 4.79 Å². The molecule has 0 aromatic heterocycles. The maximum absolute atomic E-state index is 13.0. The van der Waals surface area contributed by atoms with Crippen molar-refractivity contribution in [2.75, 3.05) is 44.3 Å². The molecule has 5 nitrogen and oxygen atoms in total. The van der Waals surface area contributed by atoms with Crippen molar-refractivity contribution in [3.05, 3.63) is 30.1 Å². The second-order valence-corrected chi connectivity index (χ2v) is 6.23. The largest absolute Gasteiger partial charge is 0.381 e. The Morgan fingerprint density at radius 2 is 2.04 bits per heavy atom. The minimum absolute atomic E-state index is 0.0447. The fourth-order valence-electron chi connectivity index (χ4n) is 3.13. The molecule has 0 aliphatic carbocycles. The quantitative estimate of drug-likeness (QED) is 0.873. The van der Waals surface area contributed by atoms with E-state index in [0.717, 1.165) is 51.4 Å². The van der Waals surface area contributed by atoms with Gasteiger partial charge in [-0.2, -0.15) is 0 Å². The molecule has 2 aliphatic heterocycles. The zero-order chi connectivity index (χ0) is 16.1. The van der Waals surface area contributed by atoms with Crippen LogP contribution in [0.4, 0.5) is 10.1 Å². The lowest BCUT2D eigenvalue weighted by Crippen LogP contribution is -2.57. The number of hydrogen-bond donors (Lipinski definition) is 2. The first-order chi connectivity index (χ1) is 11.2. The summed E-state index contributed by atoms with van der Waals surface area (Å²) in [6.45, 7) is 4.46. The van der Waals surface area contributed by atoms with Gasteiger partial charge in [0.2, 0.25) is 5.91 Å². The van der Waals surface area contributed by atoms with E-state index in [1.807, 2.05) is 0 Å². The number of nitrogens with one attached hydrogen (secondary N) is 2. The fourth-order valence-corrected chi connectivity index (χ4v) is 3.13. The van der Waals surface area contributed by atoms with E-state index in [1.165, 1.54) is 12.1 Å². The smallest absolute Gasteiger partial charge is 0.238 e. The van der Waals surface area contributed by atoms with Crippen LogP contribution in [0.15, 0.2) is 24.3 Å². The van der Waals surface area contributed by atoms with Gasteiger partial charge in [0.05, 0.1) is 0 Å². The minimum atomic E-state index is -0.241. The van der Waals surface area contributed by atoms with E-state index < -0.39 is 0 Å². The molecular formula is C17H24FN3O2. The Hall–Kier alpha value is -1.66. The van der Waals surface area contributed by atoms with Crippen molar-refractivity contribution in [3.63, 3.8) is 0 Å². The lowest BCUT2D eigenvalue weighted by molar-refractivity contribution is -0.123. The molecule has 1 amide bonds. The number of nitrogens with zero attached hydrogens (tertiary/aromatic N) is 1. The molecule has 1 aromatic carbocycles. The van der Waals surface area contributed by atoms with Crippen LogP contribution in [0.5, 0.6) is 0 Å².